The van der Waals surface area contributed by atoms with Crippen LogP contribution < -0.4 is 0 Å². The van der Waals surface area contributed by atoms with Crippen LogP contribution in [-0.4, -0.2) is 72.1 Å². The Hall–Kier alpha value is -3.50. The van der Waals surface area contributed by atoms with E-state index >= 15 is 0 Å². The molecule has 1 saturated heterocycles. The van der Waals surface area contributed by atoms with E-state index in [2.05, 4.69) is 5.10 Å². The van der Waals surface area contributed by atoms with Gasteiger partial charge in [0.25, 0.3) is 5.91 Å². The Bertz CT molecular complexity index is 1280. The highest BCUT2D eigenvalue weighted by Crippen LogP contribution is 2.18. The molecule has 3 aromatic rings. The van der Waals surface area contributed by atoms with Gasteiger partial charge in [0.1, 0.15) is 0 Å². The lowest BCUT2D eigenvalue weighted by Gasteiger charge is -2.33. The van der Waals surface area contributed by atoms with E-state index in [1.54, 1.807) is 59.3 Å². The number of hydrogen-bond acceptors (Lipinski definition) is 6. The third-order valence-electron chi connectivity index (χ3n) is 5.66. The van der Waals surface area contributed by atoms with Crippen LogP contribution in [0.5, 0.6) is 0 Å². The van der Waals surface area contributed by atoms with Crippen molar-refractivity contribution in [1.29, 1.82) is 0 Å². The van der Waals surface area contributed by atoms with Crippen LogP contribution in [0.25, 0.3) is 5.69 Å². The lowest BCUT2D eigenvalue weighted by Crippen LogP contribution is -2.51. The van der Waals surface area contributed by atoms with Crippen molar-refractivity contribution in [3.05, 3.63) is 77.6 Å². The van der Waals surface area contributed by atoms with E-state index in [1.807, 2.05) is 19.9 Å². The molecule has 1 aliphatic heterocycles. The zero-order chi connectivity index (χ0) is 24.3. The number of esters is 1. The van der Waals surface area contributed by atoms with Crippen LogP contribution in [-0.2, 0) is 19.6 Å². The lowest BCUT2D eigenvalue weighted by molar-refractivity contribution is -0.135. The van der Waals surface area contributed by atoms with E-state index in [9.17, 15) is 18.0 Å². The van der Waals surface area contributed by atoms with Crippen molar-refractivity contribution in [2.75, 3.05) is 32.8 Å². The summed E-state index contributed by atoms with van der Waals surface area (Å²) in [5, 5.41) is 4.41. The molecule has 178 valence electrons. The molecule has 0 atom stereocenters. The summed E-state index contributed by atoms with van der Waals surface area (Å²) in [7, 11) is -3.59. The predicted molar refractivity (Wildman–Crippen MR) is 125 cm³/mol. The first-order valence-electron chi connectivity index (χ1n) is 10.9. The van der Waals surface area contributed by atoms with E-state index in [0.29, 0.717) is 5.56 Å². The van der Waals surface area contributed by atoms with Gasteiger partial charge in [0, 0.05) is 31.9 Å². The molecular formula is C24H26N4O5S. The molecule has 1 amide bonds. The second kappa shape index (κ2) is 9.78. The fourth-order valence-corrected chi connectivity index (χ4v) is 5.29. The van der Waals surface area contributed by atoms with Gasteiger partial charge in [0.15, 0.2) is 6.61 Å². The molecule has 9 nitrogen and oxygen atoms in total. The molecule has 1 fully saturated rings. The van der Waals surface area contributed by atoms with Crippen LogP contribution in [0.15, 0.2) is 65.6 Å². The first kappa shape index (κ1) is 23.7. The van der Waals surface area contributed by atoms with Crippen LogP contribution in [0.1, 0.15) is 21.7 Å². The van der Waals surface area contributed by atoms with Gasteiger partial charge in [0.05, 0.1) is 21.8 Å². The summed E-state index contributed by atoms with van der Waals surface area (Å²) in [6, 6.07) is 17.0. The van der Waals surface area contributed by atoms with Crippen molar-refractivity contribution in [2.45, 2.75) is 18.7 Å². The number of piperazine rings is 1. The average Bonchev–Trinajstić information content (AvgIpc) is 3.20. The molecule has 2 aromatic carbocycles. The minimum atomic E-state index is -3.59. The zero-order valence-electron chi connectivity index (χ0n) is 19.0. The summed E-state index contributed by atoms with van der Waals surface area (Å²) in [6.07, 6.45) is 0. The van der Waals surface area contributed by atoms with Gasteiger partial charge in [-0.3, -0.25) is 4.79 Å². The average molecular weight is 483 g/mol. The molecule has 10 heteroatoms. The van der Waals surface area contributed by atoms with Gasteiger partial charge in [-0.25, -0.2) is 17.9 Å². The van der Waals surface area contributed by atoms with Gasteiger partial charge in [-0.1, -0.05) is 18.2 Å². The van der Waals surface area contributed by atoms with Crippen molar-refractivity contribution in [3.63, 3.8) is 0 Å². The molecular weight excluding hydrogens is 456 g/mol. The largest absolute Gasteiger partial charge is 0.452 e. The molecule has 0 aliphatic carbocycles. The molecule has 34 heavy (non-hydrogen) atoms. The van der Waals surface area contributed by atoms with E-state index in [0.717, 1.165) is 17.1 Å². The van der Waals surface area contributed by atoms with Crippen molar-refractivity contribution in [1.82, 2.24) is 19.0 Å². The van der Waals surface area contributed by atoms with Gasteiger partial charge in [0.2, 0.25) is 10.0 Å². The van der Waals surface area contributed by atoms with Crippen molar-refractivity contribution in [3.8, 4) is 5.69 Å². The Balaban J connectivity index is 1.29. The topological polar surface area (TPSA) is 102 Å². The van der Waals surface area contributed by atoms with E-state index in [1.165, 1.54) is 9.21 Å². The number of benzene rings is 2. The second-order valence-electron chi connectivity index (χ2n) is 8.06. The van der Waals surface area contributed by atoms with Crippen LogP contribution >= 0.6 is 0 Å². The highest BCUT2D eigenvalue weighted by atomic mass is 32.2. The summed E-state index contributed by atoms with van der Waals surface area (Å²) < 4.78 is 33.8. The van der Waals surface area contributed by atoms with Crippen LogP contribution in [0.2, 0.25) is 0 Å². The minimum Gasteiger partial charge on any atom is -0.452 e. The van der Waals surface area contributed by atoms with Gasteiger partial charge in [-0.05, 0) is 56.3 Å². The number of carbonyl (C=O) groups excluding carboxylic acids is 2. The van der Waals surface area contributed by atoms with E-state index in [4.69, 9.17) is 4.74 Å². The maximum Gasteiger partial charge on any atom is 0.338 e. The van der Waals surface area contributed by atoms with Gasteiger partial charge < -0.3 is 9.64 Å². The summed E-state index contributed by atoms with van der Waals surface area (Å²) in [4.78, 5) is 26.6. The highest BCUT2D eigenvalue weighted by Gasteiger charge is 2.30. The number of sulfonamides is 1. The molecule has 1 aromatic heterocycles. The third-order valence-corrected chi connectivity index (χ3v) is 7.57. The van der Waals surface area contributed by atoms with Gasteiger partial charge in [-0.15, -0.1) is 0 Å². The SMILES string of the molecule is Cc1cc(C)n(-c2ccc(C(=O)OCC(=O)N3CCN(S(=O)(=O)c4ccccc4)CC3)cc2)n1. The Morgan fingerprint density at radius 3 is 2.18 bits per heavy atom. The third kappa shape index (κ3) is 5.02. The molecule has 0 bridgehead atoms. The Labute approximate surface area is 198 Å². The van der Waals surface area contributed by atoms with Crippen molar-refractivity contribution in [2.24, 2.45) is 0 Å². The summed E-state index contributed by atoms with van der Waals surface area (Å²) in [6.45, 7) is 4.30. The van der Waals surface area contributed by atoms with Crippen LogP contribution in [0.3, 0.4) is 0 Å². The fourth-order valence-electron chi connectivity index (χ4n) is 3.85. The van der Waals surface area contributed by atoms with Crippen LogP contribution in [0.4, 0.5) is 0 Å². The number of aromatic nitrogens is 2. The lowest BCUT2D eigenvalue weighted by atomic mass is 10.2. The molecule has 0 spiro atoms. The number of hydrogen-bond donors (Lipinski definition) is 0. The highest BCUT2D eigenvalue weighted by molar-refractivity contribution is 7.89. The summed E-state index contributed by atoms with van der Waals surface area (Å²) in [5.41, 5.74) is 3.03. The Morgan fingerprint density at radius 1 is 0.941 bits per heavy atom. The maximum atomic E-state index is 12.7. The van der Waals surface area contributed by atoms with Crippen molar-refractivity contribution >= 4 is 21.9 Å². The maximum absolute atomic E-state index is 12.7. The monoisotopic (exact) mass is 482 g/mol. The van der Waals surface area contributed by atoms with Gasteiger partial charge in [-0.2, -0.15) is 9.40 Å². The summed E-state index contributed by atoms with van der Waals surface area (Å²) >= 11 is 0. The first-order chi connectivity index (χ1) is 16.3. The van der Waals surface area contributed by atoms with Crippen LogP contribution in [0, 0.1) is 13.8 Å². The molecule has 2 heterocycles. The van der Waals surface area contributed by atoms with E-state index in [-0.39, 0.29) is 37.0 Å². The van der Waals surface area contributed by atoms with Crippen molar-refractivity contribution < 1.29 is 22.7 Å². The first-order valence-corrected chi connectivity index (χ1v) is 12.3. The standard InChI is InChI=1S/C24H26N4O5S/c1-18-16-19(2)28(25-18)21-10-8-20(9-11-21)24(30)33-17-23(29)26-12-14-27(15-13-26)34(31,32)22-6-4-3-5-7-22/h3-11,16H,12-15,17H2,1-2H3. The summed E-state index contributed by atoms with van der Waals surface area (Å²) in [5.74, 6) is -0.956. The number of nitrogens with zero attached hydrogens (tertiary/aromatic N) is 4. The molecule has 0 N–H and O–H groups in total. The number of amides is 1. The fraction of sp³-hybridized carbons (Fsp3) is 0.292. The number of ether oxygens (including phenoxy) is 1. The van der Waals surface area contributed by atoms with E-state index < -0.39 is 22.6 Å². The molecule has 4 rings (SSSR count). The number of rotatable bonds is 6. The Morgan fingerprint density at radius 2 is 1.59 bits per heavy atom. The molecule has 0 saturated carbocycles. The normalized spacial score (nSPS) is 14.7. The predicted octanol–water partition coefficient (Wildman–Crippen LogP) is 2.18. The van der Waals surface area contributed by atoms with Gasteiger partial charge >= 0.3 is 5.97 Å². The number of carbonyl (C=O) groups is 2. The molecule has 1 aliphatic rings. The smallest absolute Gasteiger partial charge is 0.338 e. The molecule has 0 unspecified atom stereocenters. The quantitative estimate of drug-likeness (QED) is 0.499. The zero-order valence-corrected chi connectivity index (χ0v) is 19.9. The number of aryl methyl sites for hydroxylation is 2. The minimum absolute atomic E-state index is 0.185. The second-order valence-corrected chi connectivity index (χ2v) is 10.00. The molecule has 0 radical (unpaired) electrons. The Kier molecular flexibility index (Phi) is 6.80.